The smallest absolute Gasteiger partial charge is 0.157 e. The molecule has 0 bridgehead atoms. The number of benzene rings is 1. The van der Waals surface area contributed by atoms with Gasteiger partial charge in [0.1, 0.15) is 17.2 Å². The third kappa shape index (κ3) is 1.51. The molecule has 0 radical (unpaired) electrons. The number of methoxy groups -OCH3 is 2. The second kappa shape index (κ2) is 4.00. The van der Waals surface area contributed by atoms with Crippen molar-refractivity contribution in [2.75, 3.05) is 14.2 Å². The Labute approximate surface area is 82.1 Å². The fraction of sp³-hybridized carbons (Fsp3) is 0.300. The standard InChI is InChI=1S/C10H12O4/c1-6-8(13-2)4-9(14-3)7(5-11)10(6)12/h4-5,12H,1-3H3. The summed E-state index contributed by atoms with van der Waals surface area (Å²) in [6.45, 7) is 1.67. The van der Waals surface area contributed by atoms with Crippen molar-refractivity contribution in [3.05, 3.63) is 17.2 Å². The lowest BCUT2D eigenvalue weighted by atomic mass is 10.1. The zero-order valence-electron chi connectivity index (χ0n) is 8.33. The van der Waals surface area contributed by atoms with Crippen LogP contribution in [-0.4, -0.2) is 25.6 Å². The van der Waals surface area contributed by atoms with E-state index in [0.717, 1.165) is 0 Å². The number of ether oxygens (including phenoxy) is 2. The molecule has 76 valence electrons. The number of aromatic hydroxyl groups is 1. The summed E-state index contributed by atoms with van der Waals surface area (Å²) in [6.07, 6.45) is 0.556. The summed E-state index contributed by atoms with van der Waals surface area (Å²) in [6, 6.07) is 1.57. The summed E-state index contributed by atoms with van der Waals surface area (Å²) in [7, 11) is 2.92. The van der Waals surface area contributed by atoms with Crippen molar-refractivity contribution in [1.29, 1.82) is 0 Å². The molecule has 1 rings (SSSR count). The second-order valence-corrected chi connectivity index (χ2v) is 2.79. The number of hydrogen-bond acceptors (Lipinski definition) is 4. The summed E-state index contributed by atoms with van der Waals surface area (Å²) in [5, 5.41) is 9.63. The van der Waals surface area contributed by atoms with E-state index in [2.05, 4.69) is 0 Å². The van der Waals surface area contributed by atoms with Crippen molar-refractivity contribution in [1.82, 2.24) is 0 Å². The van der Waals surface area contributed by atoms with Crippen LogP contribution in [0.25, 0.3) is 0 Å². The minimum atomic E-state index is -0.101. The quantitative estimate of drug-likeness (QED) is 0.745. The van der Waals surface area contributed by atoms with Crippen molar-refractivity contribution in [2.24, 2.45) is 0 Å². The molecule has 1 aromatic rings. The van der Waals surface area contributed by atoms with Crippen molar-refractivity contribution >= 4 is 6.29 Å². The maximum absolute atomic E-state index is 10.7. The van der Waals surface area contributed by atoms with E-state index in [1.165, 1.54) is 14.2 Å². The summed E-state index contributed by atoms with van der Waals surface area (Å²) in [4.78, 5) is 10.7. The van der Waals surface area contributed by atoms with Gasteiger partial charge < -0.3 is 14.6 Å². The van der Waals surface area contributed by atoms with Crippen LogP contribution in [0.2, 0.25) is 0 Å². The van der Waals surface area contributed by atoms with E-state index in [1.807, 2.05) is 0 Å². The topological polar surface area (TPSA) is 55.8 Å². The van der Waals surface area contributed by atoms with Gasteiger partial charge in [-0.3, -0.25) is 4.79 Å². The number of carbonyl (C=O) groups excluding carboxylic acids is 1. The molecule has 0 amide bonds. The van der Waals surface area contributed by atoms with E-state index >= 15 is 0 Å². The Bertz CT molecular complexity index is 358. The van der Waals surface area contributed by atoms with Crippen LogP contribution in [0.5, 0.6) is 17.2 Å². The van der Waals surface area contributed by atoms with Crippen LogP contribution in [0.15, 0.2) is 6.07 Å². The molecule has 0 saturated carbocycles. The molecule has 14 heavy (non-hydrogen) atoms. The molecule has 1 N–H and O–H groups in total. The van der Waals surface area contributed by atoms with Gasteiger partial charge in [0.15, 0.2) is 6.29 Å². The number of phenols is 1. The van der Waals surface area contributed by atoms with E-state index in [-0.39, 0.29) is 11.3 Å². The van der Waals surface area contributed by atoms with Gasteiger partial charge >= 0.3 is 0 Å². The molecule has 0 atom stereocenters. The predicted molar refractivity (Wildman–Crippen MR) is 51.3 cm³/mol. The Kier molecular flexibility index (Phi) is 2.96. The highest BCUT2D eigenvalue weighted by molar-refractivity contribution is 5.85. The molecule has 0 fully saturated rings. The first-order valence-electron chi connectivity index (χ1n) is 4.05. The third-order valence-corrected chi connectivity index (χ3v) is 2.07. The Morgan fingerprint density at radius 1 is 1.29 bits per heavy atom. The van der Waals surface area contributed by atoms with Gasteiger partial charge in [-0.2, -0.15) is 0 Å². The largest absolute Gasteiger partial charge is 0.507 e. The lowest BCUT2D eigenvalue weighted by molar-refractivity contribution is 0.111. The van der Waals surface area contributed by atoms with Gasteiger partial charge in [-0.25, -0.2) is 0 Å². The van der Waals surface area contributed by atoms with Gasteiger partial charge in [-0.05, 0) is 6.92 Å². The molecule has 4 nitrogen and oxygen atoms in total. The third-order valence-electron chi connectivity index (χ3n) is 2.07. The molecule has 0 aliphatic rings. The maximum atomic E-state index is 10.7. The minimum absolute atomic E-state index is 0.101. The molecule has 0 aromatic heterocycles. The van der Waals surface area contributed by atoms with Gasteiger partial charge in [-0.15, -0.1) is 0 Å². The average molecular weight is 196 g/mol. The first kappa shape index (κ1) is 10.4. The Morgan fingerprint density at radius 3 is 2.29 bits per heavy atom. The summed E-state index contributed by atoms with van der Waals surface area (Å²) in [5.74, 6) is 0.695. The normalized spacial score (nSPS) is 9.64. The number of aldehydes is 1. The maximum Gasteiger partial charge on any atom is 0.157 e. The first-order chi connectivity index (χ1) is 6.65. The highest BCUT2D eigenvalue weighted by Crippen LogP contribution is 2.36. The number of hydrogen-bond donors (Lipinski definition) is 1. The van der Waals surface area contributed by atoms with Gasteiger partial charge in [0.05, 0.1) is 19.8 Å². The molecule has 0 spiro atoms. The molecule has 0 unspecified atom stereocenters. The number of carbonyl (C=O) groups is 1. The molecule has 0 heterocycles. The van der Waals surface area contributed by atoms with Crippen LogP contribution in [0.1, 0.15) is 15.9 Å². The van der Waals surface area contributed by atoms with Crippen molar-refractivity contribution in [3.63, 3.8) is 0 Å². The summed E-state index contributed by atoms with van der Waals surface area (Å²) >= 11 is 0. The molecule has 4 heteroatoms. The second-order valence-electron chi connectivity index (χ2n) is 2.79. The van der Waals surface area contributed by atoms with Crippen LogP contribution in [0.3, 0.4) is 0 Å². The average Bonchev–Trinajstić information content (AvgIpc) is 2.21. The molecule has 0 aliphatic carbocycles. The molecule has 0 aliphatic heterocycles. The van der Waals surface area contributed by atoms with Gasteiger partial charge in [0.2, 0.25) is 0 Å². The fourth-order valence-corrected chi connectivity index (χ4v) is 1.24. The van der Waals surface area contributed by atoms with Crippen LogP contribution in [0, 0.1) is 6.92 Å². The van der Waals surface area contributed by atoms with Crippen LogP contribution < -0.4 is 9.47 Å². The SMILES string of the molecule is COc1cc(OC)c(C=O)c(O)c1C. The highest BCUT2D eigenvalue weighted by atomic mass is 16.5. The molecular formula is C10H12O4. The van der Waals surface area contributed by atoms with Gasteiger partial charge in [0, 0.05) is 11.6 Å². The predicted octanol–water partition coefficient (Wildman–Crippen LogP) is 1.53. The molecule has 0 saturated heterocycles. The summed E-state index contributed by atoms with van der Waals surface area (Å²) in [5.41, 5.74) is 0.668. The molecule has 1 aromatic carbocycles. The van der Waals surface area contributed by atoms with Crippen molar-refractivity contribution in [2.45, 2.75) is 6.92 Å². The van der Waals surface area contributed by atoms with E-state index in [0.29, 0.717) is 23.3 Å². The summed E-state index contributed by atoms with van der Waals surface area (Å²) < 4.78 is 9.96. The van der Waals surface area contributed by atoms with E-state index in [9.17, 15) is 9.90 Å². The fourth-order valence-electron chi connectivity index (χ4n) is 1.24. The highest BCUT2D eigenvalue weighted by Gasteiger charge is 2.15. The monoisotopic (exact) mass is 196 g/mol. The van der Waals surface area contributed by atoms with Crippen LogP contribution in [0.4, 0.5) is 0 Å². The van der Waals surface area contributed by atoms with Crippen molar-refractivity contribution < 1.29 is 19.4 Å². The van der Waals surface area contributed by atoms with Crippen molar-refractivity contribution in [3.8, 4) is 17.2 Å². The number of phenolic OH excluding ortho intramolecular Hbond substituents is 1. The lowest BCUT2D eigenvalue weighted by Crippen LogP contribution is -1.96. The Morgan fingerprint density at radius 2 is 1.86 bits per heavy atom. The minimum Gasteiger partial charge on any atom is -0.507 e. The van der Waals surface area contributed by atoms with Crippen LogP contribution in [-0.2, 0) is 0 Å². The Balaban J connectivity index is 3.45. The van der Waals surface area contributed by atoms with E-state index in [1.54, 1.807) is 13.0 Å². The molecular weight excluding hydrogens is 184 g/mol. The van der Waals surface area contributed by atoms with E-state index < -0.39 is 0 Å². The zero-order chi connectivity index (χ0) is 10.7. The first-order valence-corrected chi connectivity index (χ1v) is 4.05. The zero-order valence-corrected chi connectivity index (χ0v) is 8.33. The number of rotatable bonds is 3. The Hall–Kier alpha value is -1.71. The van der Waals surface area contributed by atoms with Gasteiger partial charge in [0.25, 0.3) is 0 Å². The van der Waals surface area contributed by atoms with Gasteiger partial charge in [-0.1, -0.05) is 0 Å². The lowest BCUT2D eigenvalue weighted by Gasteiger charge is -2.11. The van der Waals surface area contributed by atoms with E-state index in [4.69, 9.17) is 9.47 Å². The van der Waals surface area contributed by atoms with Crippen LogP contribution >= 0.6 is 0 Å².